The predicted octanol–water partition coefficient (Wildman–Crippen LogP) is 1.53. The summed E-state index contributed by atoms with van der Waals surface area (Å²) in [5, 5.41) is 0. The van der Waals surface area contributed by atoms with Crippen LogP contribution < -0.4 is 0 Å². The van der Waals surface area contributed by atoms with Gasteiger partial charge in [0.05, 0.1) is 13.0 Å². The van der Waals surface area contributed by atoms with E-state index in [1.54, 1.807) is 0 Å². The van der Waals surface area contributed by atoms with Gasteiger partial charge >= 0.3 is 5.97 Å². The zero-order chi connectivity index (χ0) is 10.6. The molecular formula is C11H21NO2. The second-order valence-electron chi connectivity index (χ2n) is 4.29. The van der Waals surface area contributed by atoms with Crippen molar-refractivity contribution in [3.8, 4) is 0 Å². The molecule has 0 bridgehead atoms. The Morgan fingerprint density at radius 2 is 2.21 bits per heavy atom. The fourth-order valence-corrected chi connectivity index (χ4v) is 1.66. The van der Waals surface area contributed by atoms with Crippen LogP contribution in [0.3, 0.4) is 0 Å². The van der Waals surface area contributed by atoms with Gasteiger partial charge < -0.3 is 9.64 Å². The highest BCUT2D eigenvalue weighted by Crippen LogP contribution is 2.37. The maximum atomic E-state index is 11.1. The standard InChI is InChI=1S/C11H21NO2/c1-4-14-11(13)5-6-12(3)8-10-7-9(10)2/h9-10H,4-8H2,1-3H3. The summed E-state index contributed by atoms with van der Waals surface area (Å²) in [4.78, 5) is 13.3. The molecule has 1 rings (SSSR count). The molecule has 2 unspecified atom stereocenters. The normalized spacial score (nSPS) is 25.1. The van der Waals surface area contributed by atoms with Crippen LogP contribution in [0, 0.1) is 11.8 Å². The Balaban J connectivity index is 2.02. The topological polar surface area (TPSA) is 29.5 Å². The summed E-state index contributed by atoms with van der Waals surface area (Å²) in [6.45, 7) is 6.56. The number of nitrogens with zero attached hydrogens (tertiary/aromatic N) is 1. The van der Waals surface area contributed by atoms with Crippen LogP contribution in [0.5, 0.6) is 0 Å². The Kier molecular flexibility index (Phi) is 4.39. The van der Waals surface area contributed by atoms with Crippen LogP contribution in [-0.2, 0) is 9.53 Å². The zero-order valence-electron chi connectivity index (χ0n) is 9.45. The lowest BCUT2D eigenvalue weighted by molar-refractivity contribution is -0.143. The van der Waals surface area contributed by atoms with Crippen molar-refractivity contribution in [2.75, 3.05) is 26.7 Å². The fourth-order valence-electron chi connectivity index (χ4n) is 1.66. The second kappa shape index (κ2) is 5.35. The Bertz CT molecular complexity index is 194. The summed E-state index contributed by atoms with van der Waals surface area (Å²) < 4.78 is 4.87. The molecule has 0 amide bonds. The molecule has 0 aliphatic heterocycles. The molecule has 14 heavy (non-hydrogen) atoms. The maximum Gasteiger partial charge on any atom is 0.307 e. The molecule has 1 aliphatic carbocycles. The summed E-state index contributed by atoms with van der Waals surface area (Å²) in [6.07, 6.45) is 1.87. The van der Waals surface area contributed by atoms with E-state index in [2.05, 4.69) is 18.9 Å². The summed E-state index contributed by atoms with van der Waals surface area (Å²) in [7, 11) is 2.07. The van der Waals surface area contributed by atoms with Gasteiger partial charge in [0.15, 0.2) is 0 Å². The van der Waals surface area contributed by atoms with Crippen molar-refractivity contribution >= 4 is 5.97 Å². The van der Waals surface area contributed by atoms with Gasteiger partial charge in [0.1, 0.15) is 0 Å². The molecule has 1 fully saturated rings. The number of carbonyl (C=O) groups excluding carboxylic acids is 1. The first-order valence-electron chi connectivity index (χ1n) is 5.47. The van der Waals surface area contributed by atoms with E-state index < -0.39 is 0 Å². The molecule has 1 aliphatic rings. The molecule has 0 N–H and O–H groups in total. The van der Waals surface area contributed by atoms with Gasteiger partial charge in [-0.1, -0.05) is 6.92 Å². The van der Waals surface area contributed by atoms with Crippen LogP contribution in [0.2, 0.25) is 0 Å². The highest BCUT2D eigenvalue weighted by molar-refractivity contribution is 5.69. The van der Waals surface area contributed by atoms with E-state index in [1.807, 2.05) is 6.92 Å². The zero-order valence-corrected chi connectivity index (χ0v) is 9.45. The van der Waals surface area contributed by atoms with Crippen LogP contribution in [0.15, 0.2) is 0 Å². The first-order valence-corrected chi connectivity index (χ1v) is 5.47. The fraction of sp³-hybridized carbons (Fsp3) is 0.909. The van der Waals surface area contributed by atoms with Gasteiger partial charge in [-0.05, 0) is 32.2 Å². The van der Waals surface area contributed by atoms with Crippen molar-refractivity contribution < 1.29 is 9.53 Å². The Morgan fingerprint density at radius 1 is 1.57 bits per heavy atom. The quantitative estimate of drug-likeness (QED) is 0.608. The molecule has 3 heteroatoms. The number of carbonyl (C=O) groups is 1. The first-order chi connectivity index (χ1) is 6.63. The number of hydrogen-bond acceptors (Lipinski definition) is 3. The minimum atomic E-state index is -0.0804. The average molecular weight is 199 g/mol. The number of esters is 1. The highest BCUT2D eigenvalue weighted by atomic mass is 16.5. The average Bonchev–Trinajstić information content (AvgIpc) is 2.79. The first kappa shape index (κ1) is 11.5. The van der Waals surface area contributed by atoms with E-state index in [9.17, 15) is 4.79 Å². The van der Waals surface area contributed by atoms with Gasteiger partial charge in [-0.2, -0.15) is 0 Å². The molecule has 0 spiro atoms. The predicted molar refractivity (Wildman–Crippen MR) is 56.0 cm³/mol. The monoisotopic (exact) mass is 199 g/mol. The van der Waals surface area contributed by atoms with Gasteiger partial charge in [-0.15, -0.1) is 0 Å². The van der Waals surface area contributed by atoms with Crippen molar-refractivity contribution in [1.82, 2.24) is 4.90 Å². The van der Waals surface area contributed by atoms with E-state index in [-0.39, 0.29) is 5.97 Å². The van der Waals surface area contributed by atoms with Gasteiger partial charge in [-0.3, -0.25) is 4.79 Å². The van der Waals surface area contributed by atoms with E-state index in [0.717, 1.165) is 24.9 Å². The smallest absolute Gasteiger partial charge is 0.307 e. The molecule has 1 saturated carbocycles. The maximum absolute atomic E-state index is 11.1. The van der Waals surface area contributed by atoms with Crippen LogP contribution in [0.4, 0.5) is 0 Å². The Hall–Kier alpha value is -0.570. The molecule has 3 nitrogen and oxygen atoms in total. The van der Waals surface area contributed by atoms with Gasteiger partial charge in [0.2, 0.25) is 0 Å². The minimum Gasteiger partial charge on any atom is -0.466 e. The third-order valence-corrected chi connectivity index (χ3v) is 2.83. The highest BCUT2D eigenvalue weighted by Gasteiger charge is 2.32. The summed E-state index contributed by atoms with van der Waals surface area (Å²) in [5.74, 6) is 1.67. The largest absolute Gasteiger partial charge is 0.466 e. The van der Waals surface area contributed by atoms with E-state index >= 15 is 0 Å². The Morgan fingerprint density at radius 3 is 2.71 bits per heavy atom. The molecule has 82 valence electrons. The van der Waals surface area contributed by atoms with E-state index in [0.29, 0.717) is 13.0 Å². The molecule has 2 atom stereocenters. The van der Waals surface area contributed by atoms with Gasteiger partial charge in [0.25, 0.3) is 0 Å². The molecular weight excluding hydrogens is 178 g/mol. The minimum absolute atomic E-state index is 0.0804. The summed E-state index contributed by atoms with van der Waals surface area (Å²) >= 11 is 0. The SMILES string of the molecule is CCOC(=O)CCN(C)CC1CC1C. The van der Waals surface area contributed by atoms with Crippen molar-refractivity contribution in [1.29, 1.82) is 0 Å². The van der Waals surface area contributed by atoms with E-state index in [1.165, 1.54) is 6.42 Å². The van der Waals surface area contributed by atoms with Gasteiger partial charge in [-0.25, -0.2) is 0 Å². The number of rotatable bonds is 6. The Labute approximate surface area is 86.4 Å². The lowest BCUT2D eigenvalue weighted by atomic mass is 10.3. The third kappa shape index (κ3) is 4.09. The number of ether oxygens (including phenoxy) is 1. The van der Waals surface area contributed by atoms with Crippen LogP contribution in [0.1, 0.15) is 26.7 Å². The lowest BCUT2D eigenvalue weighted by Crippen LogP contribution is -2.25. The second-order valence-corrected chi connectivity index (χ2v) is 4.29. The molecule has 0 radical (unpaired) electrons. The molecule has 0 aromatic rings. The van der Waals surface area contributed by atoms with Crippen molar-refractivity contribution in [3.05, 3.63) is 0 Å². The molecule has 0 heterocycles. The lowest BCUT2D eigenvalue weighted by Gasteiger charge is -2.15. The van der Waals surface area contributed by atoms with Crippen molar-refractivity contribution in [2.45, 2.75) is 26.7 Å². The van der Waals surface area contributed by atoms with E-state index in [4.69, 9.17) is 4.74 Å². The molecule has 0 saturated heterocycles. The third-order valence-electron chi connectivity index (χ3n) is 2.83. The van der Waals surface area contributed by atoms with Crippen LogP contribution in [0.25, 0.3) is 0 Å². The van der Waals surface area contributed by atoms with Gasteiger partial charge in [0, 0.05) is 13.1 Å². The molecule has 0 aromatic carbocycles. The molecule has 0 aromatic heterocycles. The summed E-state index contributed by atoms with van der Waals surface area (Å²) in [6, 6.07) is 0. The van der Waals surface area contributed by atoms with Crippen molar-refractivity contribution in [3.63, 3.8) is 0 Å². The van der Waals surface area contributed by atoms with Crippen molar-refractivity contribution in [2.24, 2.45) is 11.8 Å². The van der Waals surface area contributed by atoms with Crippen LogP contribution in [-0.4, -0.2) is 37.6 Å². The number of hydrogen-bond donors (Lipinski definition) is 0. The van der Waals surface area contributed by atoms with Crippen LogP contribution >= 0.6 is 0 Å². The summed E-state index contributed by atoms with van der Waals surface area (Å²) in [5.41, 5.74) is 0.